The number of carbonyl (C=O) groups excluding carboxylic acids is 1. The molecule has 0 radical (unpaired) electrons. The number of aryl methyl sites for hydroxylation is 2. The van der Waals surface area contributed by atoms with Gasteiger partial charge in [0, 0.05) is 5.25 Å². The van der Waals surface area contributed by atoms with Crippen molar-refractivity contribution in [3.05, 3.63) is 28.2 Å². The third kappa shape index (κ3) is 2.60. The molecule has 0 aliphatic carbocycles. The minimum absolute atomic E-state index is 0.0900. The second-order valence-electron chi connectivity index (χ2n) is 6.68. The molecule has 1 unspecified atom stereocenters. The van der Waals surface area contributed by atoms with Crippen molar-refractivity contribution < 1.29 is 24.4 Å². The van der Waals surface area contributed by atoms with Crippen LogP contribution in [-0.2, 0) is 29.6 Å². The molecular formula is C16H20N3O4S2+. The number of hydrogen-bond acceptors (Lipinski definition) is 5. The number of aliphatic carboxylic acids is 1. The maximum Gasteiger partial charge on any atom is 0.354 e. The molecule has 1 aromatic heterocycles. The lowest BCUT2D eigenvalue weighted by Gasteiger charge is -2.43. The number of carbonyl (C=O) groups is 2. The smallest absolute Gasteiger partial charge is 0.354 e. The van der Waals surface area contributed by atoms with Crippen molar-refractivity contribution in [1.29, 1.82) is 0 Å². The molecule has 0 aromatic carbocycles. The van der Waals surface area contributed by atoms with Crippen LogP contribution in [0.1, 0.15) is 19.2 Å². The fourth-order valence-corrected chi connectivity index (χ4v) is 7.00. The number of aromatic nitrogens is 2. The first-order chi connectivity index (χ1) is 11.9. The van der Waals surface area contributed by atoms with Gasteiger partial charge in [-0.3, -0.25) is 9.69 Å². The molecule has 0 saturated carbocycles. The molecule has 4 heterocycles. The monoisotopic (exact) mass is 382 g/mol. The largest absolute Gasteiger partial charge is 0.477 e. The van der Waals surface area contributed by atoms with E-state index in [9.17, 15) is 19.8 Å². The molecular weight excluding hydrogens is 362 g/mol. The molecule has 1 saturated heterocycles. The maximum atomic E-state index is 12.3. The number of fused-ring (bicyclic) bond motifs is 2. The van der Waals surface area contributed by atoms with Crippen LogP contribution in [0.2, 0.25) is 0 Å². The van der Waals surface area contributed by atoms with Crippen LogP contribution in [0.4, 0.5) is 0 Å². The molecule has 0 spiro atoms. The molecule has 1 aromatic rings. The Labute approximate surface area is 153 Å². The first-order valence-corrected chi connectivity index (χ1v) is 10.00. The Balaban J connectivity index is 1.55. The average molecular weight is 382 g/mol. The third-order valence-corrected chi connectivity index (χ3v) is 7.93. The summed E-state index contributed by atoms with van der Waals surface area (Å²) in [6, 6.07) is 0. The third-order valence-electron chi connectivity index (χ3n) is 5.05. The highest BCUT2D eigenvalue weighted by Gasteiger charge is 2.58. The van der Waals surface area contributed by atoms with Crippen molar-refractivity contribution >= 4 is 35.4 Å². The Morgan fingerprint density at radius 1 is 1.52 bits per heavy atom. The molecule has 1 amide bonds. The van der Waals surface area contributed by atoms with E-state index in [4.69, 9.17) is 0 Å². The Morgan fingerprint density at radius 3 is 2.96 bits per heavy atom. The van der Waals surface area contributed by atoms with Crippen molar-refractivity contribution in [1.82, 2.24) is 9.47 Å². The molecule has 3 aliphatic heterocycles. The number of aliphatic hydroxyl groups is 1. The SMILES string of the molecule is C[C@@H](O)[C@H]1C(=O)N2C(C(=O)O)=C(SC3CCn4cc[n+](C)c4C3)S[C@H]12. The lowest BCUT2D eigenvalue weighted by molar-refractivity contribution is -0.679. The molecule has 9 heteroatoms. The number of nitrogens with zero attached hydrogens (tertiary/aromatic N) is 3. The van der Waals surface area contributed by atoms with E-state index in [1.54, 1.807) is 18.7 Å². The standard InChI is InChI=1S/C16H19N3O4S2/c1-8(20)11-13(21)19-12(15(22)23)16(25-14(11)19)24-9-3-4-18-6-5-17(2)10(18)7-9/h5-6,8-9,11,14,20H,3-4,7H2,1-2H3/p+1/t8-,9?,11+,14-/m1/s1. The Bertz CT molecular complexity index is 788. The second-order valence-corrected chi connectivity index (χ2v) is 9.37. The van der Waals surface area contributed by atoms with E-state index in [0.717, 1.165) is 19.4 Å². The maximum absolute atomic E-state index is 12.3. The lowest BCUT2D eigenvalue weighted by atomic mass is 9.92. The van der Waals surface area contributed by atoms with Crippen LogP contribution in [0.5, 0.6) is 0 Å². The summed E-state index contributed by atoms with van der Waals surface area (Å²) in [6.45, 7) is 2.50. The Hall–Kier alpha value is -1.45. The van der Waals surface area contributed by atoms with Crippen LogP contribution in [0.3, 0.4) is 0 Å². The Kier molecular flexibility index (Phi) is 4.12. The summed E-state index contributed by atoms with van der Waals surface area (Å²) in [5.74, 6) is -0.645. The molecule has 3 aliphatic rings. The highest BCUT2D eigenvalue weighted by atomic mass is 32.2. The van der Waals surface area contributed by atoms with Crippen LogP contribution in [0.15, 0.2) is 22.3 Å². The fourth-order valence-electron chi connectivity index (χ4n) is 3.69. The van der Waals surface area contributed by atoms with Crippen LogP contribution < -0.4 is 4.57 Å². The van der Waals surface area contributed by atoms with Crippen molar-refractivity contribution in [3.8, 4) is 0 Å². The van der Waals surface area contributed by atoms with Crippen LogP contribution in [0, 0.1) is 5.92 Å². The predicted molar refractivity (Wildman–Crippen MR) is 93.4 cm³/mol. The summed E-state index contributed by atoms with van der Waals surface area (Å²) in [6.07, 6.45) is 5.16. The topological polar surface area (TPSA) is 86.7 Å². The first kappa shape index (κ1) is 17.0. The highest BCUT2D eigenvalue weighted by Crippen LogP contribution is 2.55. The fraction of sp³-hybridized carbons (Fsp3) is 0.562. The number of hydrogen-bond donors (Lipinski definition) is 2. The first-order valence-electron chi connectivity index (χ1n) is 8.24. The second kappa shape index (κ2) is 6.07. The number of thioether (sulfide) groups is 2. The molecule has 134 valence electrons. The summed E-state index contributed by atoms with van der Waals surface area (Å²) in [7, 11) is 2.02. The number of imidazole rings is 1. The van der Waals surface area contributed by atoms with Gasteiger partial charge in [-0.2, -0.15) is 0 Å². The normalized spacial score (nSPS) is 29.3. The summed E-state index contributed by atoms with van der Waals surface area (Å²) in [5.41, 5.74) is 0.0900. The van der Waals surface area contributed by atoms with Gasteiger partial charge in [0.1, 0.15) is 17.8 Å². The zero-order valence-corrected chi connectivity index (χ0v) is 15.6. The van der Waals surface area contributed by atoms with Gasteiger partial charge in [-0.1, -0.05) is 11.8 Å². The van der Waals surface area contributed by atoms with Gasteiger partial charge in [0.2, 0.25) is 5.91 Å². The van der Waals surface area contributed by atoms with Gasteiger partial charge < -0.3 is 10.2 Å². The number of aliphatic hydroxyl groups excluding tert-OH is 1. The molecule has 25 heavy (non-hydrogen) atoms. The van der Waals surface area contributed by atoms with Crippen molar-refractivity contribution in [3.63, 3.8) is 0 Å². The number of rotatable bonds is 4. The average Bonchev–Trinajstić information content (AvgIpc) is 3.06. The van der Waals surface area contributed by atoms with E-state index in [1.807, 2.05) is 13.2 Å². The van der Waals surface area contributed by atoms with E-state index >= 15 is 0 Å². The molecule has 4 atom stereocenters. The van der Waals surface area contributed by atoms with Gasteiger partial charge in [-0.05, 0) is 13.3 Å². The summed E-state index contributed by atoms with van der Waals surface area (Å²) >= 11 is 2.97. The van der Waals surface area contributed by atoms with E-state index in [1.165, 1.54) is 22.5 Å². The van der Waals surface area contributed by atoms with Crippen molar-refractivity contribution in [2.24, 2.45) is 13.0 Å². The Morgan fingerprint density at radius 2 is 2.28 bits per heavy atom. The van der Waals surface area contributed by atoms with E-state index < -0.39 is 18.0 Å². The predicted octanol–water partition coefficient (Wildman–Crippen LogP) is 0.526. The van der Waals surface area contributed by atoms with Crippen LogP contribution in [-0.4, -0.2) is 48.3 Å². The van der Waals surface area contributed by atoms with E-state index in [0.29, 0.717) is 4.24 Å². The molecule has 2 N–H and O–H groups in total. The molecule has 1 fully saturated rings. The number of β-lactam (4-membered cyclic amide) rings is 1. The van der Waals surface area contributed by atoms with Gasteiger partial charge in [-0.15, -0.1) is 11.8 Å². The minimum Gasteiger partial charge on any atom is -0.477 e. The minimum atomic E-state index is -1.07. The summed E-state index contributed by atoms with van der Waals surface area (Å²) in [4.78, 5) is 25.3. The number of amides is 1. The van der Waals surface area contributed by atoms with Crippen LogP contribution >= 0.6 is 23.5 Å². The summed E-state index contributed by atoms with van der Waals surface area (Å²) in [5, 5.41) is 19.4. The van der Waals surface area contributed by atoms with Crippen LogP contribution in [0.25, 0.3) is 0 Å². The van der Waals surface area contributed by atoms with Gasteiger partial charge in [-0.25, -0.2) is 13.9 Å². The molecule has 7 nitrogen and oxygen atoms in total. The summed E-state index contributed by atoms with van der Waals surface area (Å²) < 4.78 is 5.02. The van der Waals surface area contributed by atoms with Gasteiger partial charge in [0.15, 0.2) is 5.70 Å². The van der Waals surface area contributed by atoms with Crippen molar-refractivity contribution in [2.45, 2.75) is 43.0 Å². The number of carboxylic acid groups (broad SMARTS) is 1. The number of carboxylic acids is 1. The van der Waals surface area contributed by atoms with Gasteiger partial charge in [0.05, 0.1) is 36.3 Å². The van der Waals surface area contributed by atoms with Gasteiger partial charge in [0.25, 0.3) is 5.82 Å². The van der Waals surface area contributed by atoms with Crippen molar-refractivity contribution in [2.75, 3.05) is 0 Å². The van der Waals surface area contributed by atoms with E-state index in [-0.39, 0.29) is 22.2 Å². The van der Waals surface area contributed by atoms with E-state index in [2.05, 4.69) is 15.3 Å². The zero-order chi connectivity index (χ0) is 17.9. The zero-order valence-electron chi connectivity index (χ0n) is 14.0. The van der Waals surface area contributed by atoms with Gasteiger partial charge >= 0.3 is 5.97 Å². The molecule has 0 bridgehead atoms. The highest BCUT2D eigenvalue weighted by molar-refractivity contribution is 8.23. The molecule has 4 rings (SSSR count). The quantitative estimate of drug-likeness (QED) is 0.583. The lowest BCUT2D eigenvalue weighted by Crippen LogP contribution is -2.60.